The van der Waals surface area contributed by atoms with Gasteiger partial charge in [0.25, 0.3) is 0 Å². The average molecular weight is 363 g/mol. The van der Waals surface area contributed by atoms with E-state index in [0.29, 0.717) is 38.1 Å². The molecule has 0 bridgehead atoms. The first-order valence-electron chi connectivity index (χ1n) is 8.71. The number of carbonyl (C=O) groups excluding carboxylic acids is 2. The number of rotatable bonds is 6. The van der Waals surface area contributed by atoms with Crippen LogP contribution in [0.1, 0.15) is 32.1 Å². The van der Waals surface area contributed by atoms with E-state index in [1.165, 1.54) is 0 Å². The fourth-order valence-corrected chi connectivity index (χ4v) is 3.39. The number of hydrogen-bond donors (Lipinski definition) is 2. The Morgan fingerprint density at radius 1 is 1.40 bits per heavy atom. The first-order chi connectivity index (χ1) is 12.1. The summed E-state index contributed by atoms with van der Waals surface area (Å²) in [7, 11) is 0. The minimum Gasteiger partial charge on any atom is -0.371 e. The van der Waals surface area contributed by atoms with Crippen molar-refractivity contribution in [2.75, 3.05) is 24.5 Å². The van der Waals surface area contributed by atoms with Crippen molar-refractivity contribution in [1.82, 2.24) is 10.7 Å². The Morgan fingerprint density at radius 3 is 3.04 bits per heavy atom. The highest BCUT2D eigenvalue weighted by Gasteiger charge is 2.23. The number of hydrazone groups is 1. The van der Waals surface area contributed by atoms with Gasteiger partial charge in [0.1, 0.15) is 0 Å². The van der Waals surface area contributed by atoms with Crippen LogP contribution in [-0.4, -0.2) is 37.2 Å². The summed E-state index contributed by atoms with van der Waals surface area (Å²) >= 11 is 6.05. The Balaban J connectivity index is 1.37. The van der Waals surface area contributed by atoms with E-state index >= 15 is 0 Å². The largest absolute Gasteiger partial charge is 0.371 e. The summed E-state index contributed by atoms with van der Waals surface area (Å²) in [6, 6.07) is 7.88. The molecule has 2 heterocycles. The molecule has 0 spiro atoms. The fourth-order valence-electron chi connectivity index (χ4n) is 3.20. The molecule has 0 aromatic heterocycles. The predicted octanol–water partition coefficient (Wildman–Crippen LogP) is 2.33. The van der Waals surface area contributed by atoms with Crippen LogP contribution in [0.4, 0.5) is 5.69 Å². The quantitative estimate of drug-likeness (QED) is 0.815. The molecule has 1 fully saturated rings. The molecule has 1 aromatic rings. The predicted molar refractivity (Wildman–Crippen MR) is 98.8 cm³/mol. The molecule has 1 aromatic carbocycles. The van der Waals surface area contributed by atoms with E-state index in [9.17, 15) is 9.59 Å². The molecule has 2 aliphatic rings. The number of carbonyl (C=O) groups is 2. The van der Waals surface area contributed by atoms with Crippen LogP contribution >= 0.6 is 11.6 Å². The maximum Gasteiger partial charge on any atom is 0.240 e. The SMILES string of the molecule is O=C(CCC1=NNC(=O)CC1)NCC1CCN(c2cccc(Cl)c2)C1. The van der Waals surface area contributed by atoms with Gasteiger partial charge in [0.15, 0.2) is 0 Å². The second-order valence-electron chi connectivity index (χ2n) is 6.60. The third-order valence-corrected chi connectivity index (χ3v) is 4.90. The van der Waals surface area contributed by atoms with Gasteiger partial charge in [-0.2, -0.15) is 5.10 Å². The molecule has 2 amide bonds. The molecule has 3 rings (SSSR count). The van der Waals surface area contributed by atoms with E-state index in [1.54, 1.807) is 0 Å². The molecule has 1 unspecified atom stereocenters. The summed E-state index contributed by atoms with van der Waals surface area (Å²) in [5.41, 5.74) is 4.49. The average Bonchev–Trinajstić information content (AvgIpc) is 3.08. The first kappa shape index (κ1) is 17.7. The lowest BCUT2D eigenvalue weighted by atomic mass is 10.1. The summed E-state index contributed by atoms with van der Waals surface area (Å²) in [5, 5.41) is 7.76. The molecule has 0 radical (unpaired) electrons. The molecule has 0 saturated carbocycles. The second-order valence-corrected chi connectivity index (χ2v) is 7.03. The van der Waals surface area contributed by atoms with Gasteiger partial charge >= 0.3 is 0 Å². The van der Waals surface area contributed by atoms with Gasteiger partial charge in [0.05, 0.1) is 0 Å². The van der Waals surface area contributed by atoms with Crippen LogP contribution in [0.2, 0.25) is 5.02 Å². The molecule has 134 valence electrons. The van der Waals surface area contributed by atoms with Crippen LogP contribution in [-0.2, 0) is 9.59 Å². The number of hydrogen-bond acceptors (Lipinski definition) is 4. The number of anilines is 1. The zero-order chi connectivity index (χ0) is 17.6. The lowest BCUT2D eigenvalue weighted by molar-refractivity contribution is -0.121. The van der Waals surface area contributed by atoms with Gasteiger partial charge in [-0.1, -0.05) is 17.7 Å². The summed E-state index contributed by atoms with van der Waals surface area (Å²) in [5.74, 6) is 0.439. The molecule has 1 saturated heterocycles. The van der Waals surface area contributed by atoms with E-state index in [1.807, 2.05) is 18.2 Å². The molecule has 0 aliphatic carbocycles. The van der Waals surface area contributed by atoms with Crippen molar-refractivity contribution < 1.29 is 9.59 Å². The van der Waals surface area contributed by atoms with Gasteiger partial charge in [-0.15, -0.1) is 0 Å². The molecular weight excluding hydrogens is 340 g/mol. The fraction of sp³-hybridized carbons (Fsp3) is 0.500. The van der Waals surface area contributed by atoms with E-state index in [0.717, 1.165) is 35.9 Å². The minimum atomic E-state index is -0.0568. The monoisotopic (exact) mass is 362 g/mol. The van der Waals surface area contributed by atoms with Crippen molar-refractivity contribution >= 4 is 34.8 Å². The van der Waals surface area contributed by atoms with E-state index in [-0.39, 0.29) is 11.8 Å². The summed E-state index contributed by atoms with van der Waals surface area (Å²) < 4.78 is 0. The first-order valence-corrected chi connectivity index (χ1v) is 9.09. The Morgan fingerprint density at radius 2 is 2.28 bits per heavy atom. The molecule has 6 nitrogen and oxygen atoms in total. The zero-order valence-electron chi connectivity index (χ0n) is 14.1. The van der Waals surface area contributed by atoms with Crippen LogP contribution < -0.4 is 15.6 Å². The highest BCUT2D eigenvalue weighted by molar-refractivity contribution is 6.30. The van der Waals surface area contributed by atoms with Gasteiger partial charge in [0.2, 0.25) is 11.8 Å². The van der Waals surface area contributed by atoms with Gasteiger partial charge in [-0.05, 0) is 43.4 Å². The standard InChI is InChI=1S/C18H23ClN4O2/c19-14-2-1-3-16(10-14)23-9-8-13(12-23)11-20-17(24)6-4-15-5-7-18(25)22-21-15/h1-3,10,13H,4-9,11-12H2,(H,20,24)(H,22,25). The Hall–Kier alpha value is -2.08. The maximum absolute atomic E-state index is 12.0. The van der Waals surface area contributed by atoms with Crippen LogP contribution in [0.3, 0.4) is 0 Å². The van der Waals surface area contributed by atoms with E-state index < -0.39 is 0 Å². The molecule has 2 N–H and O–H groups in total. The number of nitrogens with one attached hydrogen (secondary N) is 2. The van der Waals surface area contributed by atoms with Crippen molar-refractivity contribution in [2.24, 2.45) is 11.0 Å². The minimum absolute atomic E-state index is 0.0424. The van der Waals surface area contributed by atoms with Gasteiger partial charge < -0.3 is 10.2 Å². The van der Waals surface area contributed by atoms with E-state index in [2.05, 4.69) is 26.8 Å². The molecule has 7 heteroatoms. The molecule has 25 heavy (non-hydrogen) atoms. The number of nitrogens with zero attached hydrogens (tertiary/aromatic N) is 2. The van der Waals surface area contributed by atoms with Crippen LogP contribution in [0.15, 0.2) is 29.4 Å². The zero-order valence-corrected chi connectivity index (χ0v) is 14.9. The Kier molecular flexibility index (Phi) is 5.91. The normalized spacial score (nSPS) is 20.2. The lowest BCUT2D eigenvalue weighted by Crippen LogP contribution is -2.32. The van der Waals surface area contributed by atoms with E-state index in [4.69, 9.17) is 11.6 Å². The third kappa shape index (κ3) is 5.19. The van der Waals surface area contributed by atoms with Crippen molar-refractivity contribution in [3.05, 3.63) is 29.3 Å². The van der Waals surface area contributed by atoms with Gasteiger partial charge in [0, 0.05) is 48.9 Å². The number of amides is 2. The maximum atomic E-state index is 12.0. The van der Waals surface area contributed by atoms with Crippen LogP contribution in [0.25, 0.3) is 0 Å². The summed E-state index contributed by atoms with van der Waals surface area (Å²) in [6.45, 7) is 2.61. The molecule has 1 atom stereocenters. The summed E-state index contributed by atoms with van der Waals surface area (Å²) in [4.78, 5) is 25.4. The lowest BCUT2D eigenvalue weighted by Gasteiger charge is -2.19. The number of benzene rings is 1. The van der Waals surface area contributed by atoms with Crippen molar-refractivity contribution in [2.45, 2.75) is 32.1 Å². The Labute approximate surface area is 152 Å². The highest BCUT2D eigenvalue weighted by Crippen LogP contribution is 2.25. The summed E-state index contributed by atoms with van der Waals surface area (Å²) in [6.07, 6.45) is 3.19. The van der Waals surface area contributed by atoms with Crippen LogP contribution in [0, 0.1) is 5.92 Å². The Bertz CT molecular complexity index is 677. The molecule has 2 aliphatic heterocycles. The molecular formula is C18H23ClN4O2. The smallest absolute Gasteiger partial charge is 0.240 e. The second kappa shape index (κ2) is 8.34. The number of halogens is 1. The van der Waals surface area contributed by atoms with Crippen molar-refractivity contribution in [3.8, 4) is 0 Å². The highest BCUT2D eigenvalue weighted by atomic mass is 35.5. The third-order valence-electron chi connectivity index (χ3n) is 4.67. The van der Waals surface area contributed by atoms with Crippen molar-refractivity contribution in [3.63, 3.8) is 0 Å². The van der Waals surface area contributed by atoms with Gasteiger partial charge in [-0.25, -0.2) is 5.43 Å². The van der Waals surface area contributed by atoms with Gasteiger partial charge in [-0.3, -0.25) is 9.59 Å². The topological polar surface area (TPSA) is 73.8 Å². The van der Waals surface area contributed by atoms with Crippen LogP contribution in [0.5, 0.6) is 0 Å². The van der Waals surface area contributed by atoms with Crippen molar-refractivity contribution in [1.29, 1.82) is 0 Å².